The summed E-state index contributed by atoms with van der Waals surface area (Å²) in [6, 6.07) is 0. The summed E-state index contributed by atoms with van der Waals surface area (Å²) in [6.45, 7) is 6.16. The average molecular weight is 170 g/mol. The zero-order valence-corrected chi connectivity index (χ0v) is 9.18. The molecule has 0 rings (SSSR count). The van der Waals surface area contributed by atoms with Crippen molar-refractivity contribution in [3.8, 4) is 0 Å². The third-order valence-electron chi connectivity index (χ3n) is 1.97. The Morgan fingerprint density at radius 1 is 1.18 bits per heavy atom. The summed E-state index contributed by atoms with van der Waals surface area (Å²) in [6.07, 6.45) is 2.54. The lowest BCUT2D eigenvalue weighted by atomic mass is 10.5. The predicted molar refractivity (Wildman–Crippen MR) is 51.4 cm³/mol. The number of carbonyl (C=O) groups is 1. The Labute approximate surface area is 74.6 Å². The fourth-order valence-electron chi connectivity index (χ4n) is 1.57. The fraction of sp³-hybridized carbons (Fsp3) is 0.889. The highest BCUT2D eigenvalue weighted by Gasteiger charge is 2.16. The van der Waals surface area contributed by atoms with Crippen molar-refractivity contribution in [3.63, 3.8) is 0 Å². The van der Waals surface area contributed by atoms with Crippen LogP contribution in [0.4, 0.5) is 0 Å². The van der Waals surface area contributed by atoms with Crippen molar-refractivity contribution in [3.05, 3.63) is 0 Å². The molecule has 0 unspecified atom stereocenters. The molecule has 0 saturated heterocycles. The summed E-state index contributed by atoms with van der Waals surface area (Å²) in [5, 5.41) is 3.64. The largest absolute Gasteiger partial charge is 0.301 e. The van der Waals surface area contributed by atoms with Gasteiger partial charge in [-0.1, -0.05) is 37.3 Å². The molecule has 0 saturated carbocycles. The smallest absolute Gasteiger partial charge is 0.272 e. The second-order valence-electron chi connectivity index (χ2n) is 3.35. The maximum Gasteiger partial charge on any atom is 0.272 e. The van der Waals surface area contributed by atoms with Gasteiger partial charge in [0.1, 0.15) is 5.78 Å². The second-order valence-corrected chi connectivity index (χ2v) is 6.64. The zero-order valence-electron chi connectivity index (χ0n) is 8.02. The van der Waals surface area contributed by atoms with Crippen LogP contribution in [0.25, 0.3) is 0 Å². The Kier molecular flexibility index (Phi) is 7.01. The van der Waals surface area contributed by atoms with Crippen LogP contribution in [-0.4, -0.2) is 19.9 Å². The van der Waals surface area contributed by atoms with E-state index in [1.165, 1.54) is 23.4 Å². The molecule has 2 heteroatoms. The van der Waals surface area contributed by atoms with E-state index in [1.807, 2.05) is 0 Å². The first-order valence-electron chi connectivity index (χ1n) is 4.70. The van der Waals surface area contributed by atoms with Crippen molar-refractivity contribution in [2.24, 2.45) is 0 Å². The molecular weight excluding hydrogens is 151 g/mol. The van der Waals surface area contributed by atoms with E-state index in [2.05, 4.69) is 13.8 Å². The molecule has 0 heterocycles. The molecule has 1 nitrogen and oxygen atoms in total. The van der Waals surface area contributed by atoms with Gasteiger partial charge in [-0.05, 0) is 12.2 Å². The Hall–Kier alpha value is 0.202. The van der Waals surface area contributed by atoms with Crippen LogP contribution in [0.1, 0.15) is 33.6 Å². The van der Waals surface area contributed by atoms with E-state index >= 15 is 0 Å². The van der Waals surface area contributed by atoms with Crippen LogP contribution in [0.5, 0.6) is 0 Å². The molecule has 0 aromatic heterocycles. The third kappa shape index (κ3) is 6.59. The molecule has 0 aliphatic rings. The monoisotopic (exact) mass is 170 g/mol. The molecule has 0 radical (unpaired) electrons. The van der Waals surface area contributed by atoms with Crippen LogP contribution >= 0.6 is 0 Å². The van der Waals surface area contributed by atoms with E-state index in [-0.39, 0.29) is 0 Å². The molecule has 0 fully saturated rings. The normalized spacial score (nSPS) is 9.73. The zero-order chi connectivity index (χ0) is 8.69. The van der Waals surface area contributed by atoms with Gasteiger partial charge in [0.25, 0.3) is 14.1 Å². The lowest BCUT2D eigenvalue weighted by Gasteiger charge is -2.05. The van der Waals surface area contributed by atoms with Gasteiger partial charge in [0.05, 0.1) is 0 Å². The maximum atomic E-state index is 10.8. The molecule has 0 atom stereocenters. The minimum absolute atomic E-state index is 0.406. The highest BCUT2D eigenvalue weighted by molar-refractivity contribution is 6.62. The molecular formula is C9H19AlO. The molecule has 0 aliphatic carbocycles. The predicted octanol–water partition coefficient (Wildman–Crippen LogP) is 2.89. The van der Waals surface area contributed by atoms with Crippen LogP contribution in [0.15, 0.2) is 0 Å². The summed E-state index contributed by atoms with van der Waals surface area (Å²) >= 11 is -0.641. The fourth-order valence-corrected chi connectivity index (χ4v) is 4.71. The average Bonchev–Trinajstić information content (AvgIpc) is 1.87. The number of carbonyl (C=O) groups excluding carboxylic acids is 1. The highest BCUT2D eigenvalue weighted by atomic mass is 27.2. The first-order chi connectivity index (χ1) is 5.20. The van der Waals surface area contributed by atoms with Gasteiger partial charge in [0.15, 0.2) is 0 Å². The molecule has 0 bridgehead atoms. The van der Waals surface area contributed by atoms with Gasteiger partial charge in [-0.15, -0.1) is 0 Å². The number of hydrogen-bond acceptors (Lipinski definition) is 1. The highest BCUT2D eigenvalue weighted by Crippen LogP contribution is 2.10. The maximum absolute atomic E-state index is 10.8. The van der Waals surface area contributed by atoms with Crippen molar-refractivity contribution < 1.29 is 4.79 Å². The quantitative estimate of drug-likeness (QED) is 0.560. The van der Waals surface area contributed by atoms with Crippen molar-refractivity contribution in [2.75, 3.05) is 0 Å². The Bertz CT molecular complexity index is 106. The van der Waals surface area contributed by atoms with Gasteiger partial charge in [0, 0.05) is 0 Å². The van der Waals surface area contributed by atoms with E-state index in [0.717, 1.165) is 5.28 Å². The Morgan fingerprint density at radius 3 is 1.91 bits per heavy atom. The lowest BCUT2D eigenvalue weighted by Crippen LogP contribution is -2.14. The molecule has 0 aliphatic heterocycles. The van der Waals surface area contributed by atoms with E-state index in [4.69, 9.17) is 0 Å². The standard InChI is InChI=1S/C3H5O.2C3H7.Al/c1-3(2)4;2*1-3-2;/h1H2,2H3;2*1,3H2,2H3;. The lowest BCUT2D eigenvalue weighted by molar-refractivity contribution is -0.115. The SMILES string of the molecule is CC[CH2][Al]([CH2]CC)[CH2]C(C)=O. The number of Topliss-reactive ketones (excluding diaryl/α,β-unsaturated/α-hetero) is 1. The van der Waals surface area contributed by atoms with Crippen LogP contribution < -0.4 is 0 Å². The van der Waals surface area contributed by atoms with Crippen molar-refractivity contribution in [1.29, 1.82) is 0 Å². The van der Waals surface area contributed by atoms with Crippen LogP contribution in [0.3, 0.4) is 0 Å². The summed E-state index contributed by atoms with van der Waals surface area (Å²) in [4.78, 5) is 10.8. The van der Waals surface area contributed by atoms with E-state index < -0.39 is 14.1 Å². The molecule has 64 valence electrons. The molecule has 0 N–H and O–H groups in total. The van der Waals surface area contributed by atoms with Crippen molar-refractivity contribution in [1.82, 2.24) is 0 Å². The molecule has 0 amide bonds. The Balaban J connectivity index is 3.59. The minimum atomic E-state index is -0.641. The van der Waals surface area contributed by atoms with Gasteiger partial charge in [-0.25, -0.2) is 0 Å². The van der Waals surface area contributed by atoms with Gasteiger partial charge in [0.2, 0.25) is 0 Å². The Morgan fingerprint density at radius 2 is 1.64 bits per heavy atom. The first-order valence-corrected chi connectivity index (χ1v) is 7.15. The number of rotatable bonds is 6. The van der Waals surface area contributed by atoms with Crippen molar-refractivity contribution >= 4 is 19.9 Å². The number of hydrogen-bond donors (Lipinski definition) is 0. The second kappa shape index (κ2) is 6.88. The van der Waals surface area contributed by atoms with Gasteiger partial charge in [-0.3, -0.25) is 0 Å². The van der Waals surface area contributed by atoms with Crippen LogP contribution in [0.2, 0.25) is 15.8 Å². The van der Waals surface area contributed by atoms with E-state index in [1.54, 1.807) is 6.92 Å². The van der Waals surface area contributed by atoms with Gasteiger partial charge in [-0.2, -0.15) is 0 Å². The first kappa shape index (κ1) is 11.2. The van der Waals surface area contributed by atoms with Crippen LogP contribution in [-0.2, 0) is 4.79 Å². The topological polar surface area (TPSA) is 17.1 Å². The van der Waals surface area contributed by atoms with Gasteiger partial charge >= 0.3 is 0 Å². The summed E-state index contributed by atoms with van der Waals surface area (Å²) < 4.78 is 0. The molecule has 0 aromatic carbocycles. The summed E-state index contributed by atoms with van der Waals surface area (Å²) in [5.74, 6) is 0.406. The summed E-state index contributed by atoms with van der Waals surface area (Å²) in [5.41, 5.74) is 0. The summed E-state index contributed by atoms with van der Waals surface area (Å²) in [7, 11) is 0. The minimum Gasteiger partial charge on any atom is -0.301 e. The third-order valence-corrected chi connectivity index (χ3v) is 5.91. The molecule has 11 heavy (non-hydrogen) atoms. The van der Waals surface area contributed by atoms with Crippen molar-refractivity contribution in [2.45, 2.75) is 49.5 Å². The van der Waals surface area contributed by atoms with E-state index in [9.17, 15) is 4.79 Å². The van der Waals surface area contributed by atoms with Crippen LogP contribution in [0, 0.1) is 0 Å². The molecule has 0 spiro atoms. The van der Waals surface area contributed by atoms with Gasteiger partial charge < -0.3 is 4.79 Å². The number of ketones is 1. The van der Waals surface area contributed by atoms with E-state index in [0.29, 0.717) is 5.78 Å². The molecule has 0 aromatic rings.